The van der Waals surface area contributed by atoms with Gasteiger partial charge in [-0.25, -0.2) is 0 Å². The minimum absolute atomic E-state index is 0.221. The highest BCUT2D eigenvalue weighted by Crippen LogP contribution is 2.17. The molecule has 2 N–H and O–H groups in total. The molecule has 1 aromatic carbocycles. The number of rotatable bonds is 7. The average Bonchev–Trinajstić information content (AvgIpc) is 3.00. The third-order valence-electron chi connectivity index (χ3n) is 2.91. The molecular weight excluding hydrogens is 284 g/mol. The lowest BCUT2D eigenvalue weighted by molar-refractivity contribution is 0.0831. The van der Waals surface area contributed by atoms with E-state index in [0.29, 0.717) is 23.5 Å². The van der Waals surface area contributed by atoms with Gasteiger partial charge in [0.15, 0.2) is 0 Å². The van der Waals surface area contributed by atoms with Crippen LogP contribution in [0.2, 0.25) is 0 Å². The number of amides is 1. The lowest BCUT2D eigenvalue weighted by Gasteiger charge is -2.16. The van der Waals surface area contributed by atoms with Crippen LogP contribution in [0.4, 0.5) is 5.69 Å². The zero-order chi connectivity index (χ0) is 15.9. The Labute approximate surface area is 129 Å². The summed E-state index contributed by atoms with van der Waals surface area (Å²) in [6.45, 7) is 0.762. The van der Waals surface area contributed by atoms with Gasteiger partial charge < -0.3 is 24.5 Å². The second-order valence-corrected chi connectivity index (χ2v) is 5.22. The third-order valence-corrected chi connectivity index (χ3v) is 2.91. The Balaban J connectivity index is 1.84. The van der Waals surface area contributed by atoms with E-state index in [4.69, 9.17) is 9.15 Å². The van der Waals surface area contributed by atoms with Gasteiger partial charge in [0, 0.05) is 12.2 Å². The smallest absolute Gasteiger partial charge is 0.258 e. The molecule has 1 aromatic heterocycles. The fourth-order valence-corrected chi connectivity index (χ4v) is 1.90. The van der Waals surface area contributed by atoms with E-state index in [0.717, 1.165) is 0 Å². The van der Waals surface area contributed by atoms with Gasteiger partial charge in [0.1, 0.15) is 24.7 Å². The van der Waals surface area contributed by atoms with Crippen LogP contribution >= 0.6 is 0 Å². The van der Waals surface area contributed by atoms with Gasteiger partial charge in [-0.05, 0) is 44.4 Å². The Morgan fingerprint density at radius 1 is 1.32 bits per heavy atom. The van der Waals surface area contributed by atoms with E-state index in [2.05, 4.69) is 5.32 Å². The van der Waals surface area contributed by atoms with Crippen LogP contribution in [0.25, 0.3) is 0 Å². The molecular formula is C16H20N2O4. The summed E-state index contributed by atoms with van der Waals surface area (Å²) in [4.78, 5) is 13.7. The molecule has 0 aliphatic carbocycles. The number of likely N-dealkylation sites (N-methyl/N-ethyl adjacent to an activating group) is 1. The van der Waals surface area contributed by atoms with Gasteiger partial charge >= 0.3 is 0 Å². The molecule has 2 aromatic rings. The fourth-order valence-electron chi connectivity index (χ4n) is 1.90. The lowest BCUT2D eigenvalue weighted by Crippen LogP contribution is -2.30. The van der Waals surface area contributed by atoms with Crippen molar-refractivity contribution in [1.82, 2.24) is 4.90 Å². The first-order valence-electron chi connectivity index (χ1n) is 6.94. The predicted molar refractivity (Wildman–Crippen MR) is 83.2 cm³/mol. The SMILES string of the molecule is CN(C)CC(O)COc1ccc(NC(=O)c2ccoc2)cc1. The molecule has 118 valence electrons. The highest BCUT2D eigenvalue weighted by molar-refractivity contribution is 6.03. The van der Waals surface area contributed by atoms with Crippen molar-refractivity contribution < 1.29 is 19.1 Å². The van der Waals surface area contributed by atoms with Crippen molar-refractivity contribution in [1.29, 1.82) is 0 Å². The molecule has 6 heteroatoms. The van der Waals surface area contributed by atoms with Crippen molar-refractivity contribution in [2.75, 3.05) is 32.6 Å². The second-order valence-electron chi connectivity index (χ2n) is 5.22. The first kappa shape index (κ1) is 16.1. The highest BCUT2D eigenvalue weighted by Gasteiger charge is 2.08. The number of nitrogens with zero attached hydrogens (tertiary/aromatic N) is 1. The summed E-state index contributed by atoms with van der Waals surface area (Å²) in [6, 6.07) is 8.57. The molecule has 0 saturated heterocycles. The number of ether oxygens (including phenoxy) is 1. The Morgan fingerprint density at radius 3 is 2.64 bits per heavy atom. The predicted octanol–water partition coefficient (Wildman–Crippen LogP) is 1.83. The van der Waals surface area contributed by atoms with Crippen LogP contribution in [-0.4, -0.2) is 49.3 Å². The number of nitrogens with one attached hydrogen (secondary N) is 1. The van der Waals surface area contributed by atoms with Gasteiger partial charge in [-0.3, -0.25) is 4.79 Å². The summed E-state index contributed by atoms with van der Waals surface area (Å²) in [7, 11) is 3.78. The van der Waals surface area contributed by atoms with Gasteiger partial charge in [-0.1, -0.05) is 0 Å². The Morgan fingerprint density at radius 2 is 2.05 bits per heavy atom. The van der Waals surface area contributed by atoms with Crippen molar-refractivity contribution in [3.8, 4) is 5.75 Å². The van der Waals surface area contributed by atoms with Crippen LogP contribution in [-0.2, 0) is 0 Å². The van der Waals surface area contributed by atoms with Crippen molar-refractivity contribution in [2.24, 2.45) is 0 Å². The van der Waals surface area contributed by atoms with Gasteiger partial charge in [0.25, 0.3) is 5.91 Å². The molecule has 0 saturated carbocycles. The average molecular weight is 304 g/mol. The van der Waals surface area contributed by atoms with E-state index in [1.54, 1.807) is 30.3 Å². The molecule has 2 rings (SSSR count). The summed E-state index contributed by atoms with van der Waals surface area (Å²) in [5.41, 5.74) is 1.12. The van der Waals surface area contributed by atoms with Crippen LogP contribution < -0.4 is 10.1 Å². The minimum Gasteiger partial charge on any atom is -0.491 e. The second kappa shape index (κ2) is 7.63. The molecule has 0 radical (unpaired) electrons. The molecule has 1 amide bonds. The molecule has 0 aliphatic rings. The van der Waals surface area contributed by atoms with E-state index in [-0.39, 0.29) is 12.5 Å². The number of benzene rings is 1. The monoisotopic (exact) mass is 304 g/mol. The number of aliphatic hydroxyl groups is 1. The van der Waals surface area contributed by atoms with Gasteiger partial charge in [0.05, 0.1) is 11.8 Å². The number of anilines is 1. The number of carbonyl (C=O) groups excluding carboxylic acids is 1. The molecule has 22 heavy (non-hydrogen) atoms. The van der Waals surface area contributed by atoms with Crippen LogP contribution in [0.3, 0.4) is 0 Å². The summed E-state index contributed by atoms with van der Waals surface area (Å²) < 4.78 is 10.4. The van der Waals surface area contributed by atoms with Crippen molar-refractivity contribution in [2.45, 2.75) is 6.10 Å². The van der Waals surface area contributed by atoms with Crippen molar-refractivity contribution in [3.63, 3.8) is 0 Å². The lowest BCUT2D eigenvalue weighted by atomic mass is 10.2. The molecule has 0 bridgehead atoms. The molecule has 0 spiro atoms. The molecule has 6 nitrogen and oxygen atoms in total. The summed E-state index contributed by atoms with van der Waals surface area (Å²) in [5.74, 6) is 0.405. The van der Waals surface area contributed by atoms with E-state index < -0.39 is 6.10 Å². The maximum Gasteiger partial charge on any atom is 0.258 e. The quantitative estimate of drug-likeness (QED) is 0.816. The summed E-state index contributed by atoms with van der Waals surface area (Å²) in [6.07, 6.45) is 2.29. The molecule has 1 atom stereocenters. The topological polar surface area (TPSA) is 74.9 Å². The van der Waals surface area contributed by atoms with Crippen LogP contribution in [0.15, 0.2) is 47.3 Å². The zero-order valence-corrected chi connectivity index (χ0v) is 12.7. The van der Waals surface area contributed by atoms with E-state index in [9.17, 15) is 9.90 Å². The van der Waals surface area contributed by atoms with E-state index >= 15 is 0 Å². The number of hydrogen-bond acceptors (Lipinski definition) is 5. The van der Waals surface area contributed by atoms with Gasteiger partial charge in [-0.2, -0.15) is 0 Å². The standard InChI is InChI=1S/C16H20N2O4/c1-18(2)9-14(19)11-22-15-5-3-13(4-6-15)17-16(20)12-7-8-21-10-12/h3-8,10,14,19H,9,11H2,1-2H3,(H,17,20). The Bertz CT molecular complexity index is 579. The number of hydrogen-bond donors (Lipinski definition) is 2. The normalized spacial score (nSPS) is 12.2. The first-order chi connectivity index (χ1) is 10.5. The third kappa shape index (κ3) is 4.91. The summed E-state index contributed by atoms with van der Waals surface area (Å²) in [5, 5.41) is 12.5. The maximum absolute atomic E-state index is 11.8. The zero-order valence-electron chi connectivity index (χ0n) is 12.7. The fraction of sp³-hybridized carbons (Fsp3) is 0.312. The Hall–Kier alpha value is -2.31. The number of aliphatic hydroxyl groups excluding tert-OH is 1. The highest BCUT2D eigenvalue weighted by atomic mass is 16.5. The van der Waals surface area contributed by atoms with Gasteiger partial charge in [0.2, 0.25) is 0 Å². The first-order valence-corrected chi connectivity index (χ1v) is 6.94. The van der Waals surface area contributed by atoms with Crippen LogP contribution in [0, 0.1) is 0 Å². The maximum atomic E-state index is 11.8. The number of carbonyl (C=O) groups is 1. The van der Waals surface area contributed by atoms with E-state index in [1.807, 2.05) is 19.0 Å². The molecule has 1 unspecified atom stereocenters. The largest absolute Gasteiger partial charge is 0.491 e. The molecule has 0 fully saturated rings. The molecule has 0 aliphatic heterocycles. The van der Waals surface area contributed by atoms with Crippen LogP contribution in [0.5, 0.6) is 5.75 Å². The minimum atomic E-state index is -0.546. The van der Waals surface area contributed by atoms with Crippen LogP contribution in [0.1, 0.15) is 10.4 Å². The Kier molecular flexibility index (Phi) is 5.57. The van der Waals surface area contributed by atoms with Crippen molar-refractivity contribution >= 4 is 11.6 Å². The van der Waals surface area contributed by atoms with Crippen molar-refractivity contribution in [3.05, 3.63) is 48.4 Å². The van der Waals surface area contributed by atoms with Gasteiger partial charge in [-0.15, -0.1) is 0 Å². The molecule has 1 heterocycles. The van der Waals surface area contributed by atoms with E-state index in [1.165, 1.54) is 12.5 Å². The number of furan rings is 1. The summed E-state index contributed by atoms with van der Waals surface area (Å²) >= 11 is 0.